The quantitative estimate of drug-likeness (QED) is 0.781. The van der Waals surface area contributed by atoms with E-state index in [4.69, 9.17) is 9.84 Å². The first kappa shape index (κ1) is 15.7. The van der Waals surface area contributed by atoms with Gasteiger partial charge in [-0.3, -0.25) is 5.32 Å². The first-order valence-electron chi connectivity index (χ1n) is 6.54. The number of amides is 2. The maximum atomic E-state index is 12.1. The van der Waals surface area contributed by atoms with Crippen molar-refractivity contribution in [1.82, 2.24) is 4.90 Å². The number of likely N-dealkylation sites (N-methyl/N-ethyl adjacent to an activating group) is 1. The number of rotatable bonds is 4. The van der Waals surface area contributed by atoms with Crippen LogP contribution in [-0.2, 0) is 4.74 Å². The molecule has 0 atom stereocenters. The highest BCUT2D eigenvalue weighted by Gasteiger charge is 2.32. The van der Waals surface area contributed by atoms with Crippen LogP contribution in [0.1, 0.15) is 23.2 Å². The van der Waals surface area contributed by atoms with Crippen molar-refractivity contribution in [3.05, 3.63) is 17.0 Å². The van der Waals surface area contributed by atoms with Gasteiger partial charge in [0.25, 0.3) is 0 Å². The molecule has 2 heterocycles. The minimum absolute atomic E-state index is 0.0616. The van der Waals surface area contributed by atoms with Crippen molar-refractivity contribution in [3.63, 3.8) is 0 Å². The zero-order valence-electron chi connectivity index (χ0n) is 11.7. The van der Waals surface area contributed by atoms with E-state index in [2.05, 4.69) is 5.32 Å². The number of aliphatic hydroxyl groups is 1. The molecular formula is C13H18N2O5S. The third-order valence-corrected chi connectivity index (χ3v) is 4.25. The third kappa shape index (κ3) is 3.93. The van der Waals surface area contributed by atoms with Gasteiger partial charge >= 0.3 is 12.0 Å². The molecule has 0 aliphatic carbocycles. The Morgan fingerprint density at radius 3 is 2.76 bits per heavy atom. The molecule has 21 heavy (non-hydrogen) atoms. The van der Waals surface area contributed by atoms with Gasteiger partial charge in [-0.2, -0.15) is 0 Å². The van der Waals surface area contributed by atoms with Crippen molar-refractivity contribution in [1.29, 1.82) is 0 Å². The Hall–Kier alpha value is -1.64. The largest absolute Gasteiger partial charge is 0.478 e. The van der Waals surface area contributed by atoms with Crippen molar-refractivity contribution in [2.45, 2.75) is 18.4 Å². The number of carbonyl (C=O) groups is 2. The van der Waals surface area contributed by atoms with E-state index < -0.39 is 17.6 Å². The van der Waals surface area contributed by atoms with Crippen LogP contribution >= 0.6 is 11.3 Å². The second kappa shape index (κ2) is 6.42. The molecule has 1 aliphatic rings. The second-order valence-electron chi connectivity index (χ2n) is 5.09. The molecule has 1 aromatic rings. The van der Waals surface area contributed by atoms with Crippen LogP contribution in [0.15, 0.2) is 11.4 Å². The summed E-state index contributed by atoms with van der Waals surface area (Å²) >= 11 is 1.15. The van der Waals surface area contributed by atoms with Gasteiger partial charge in [0.2, 0.25) is 0 Å². The number of carboxylic acid groups (broad SMARTS) is 1. The van der Waals surface area contributed by atoms with Gasteiger partial charge in [-0.05, 0) is 11.4 Å². The monoisotopic (exact) mass is 314 g/mol. The Bertz CT molecular complexity index is 524. The number of urea groups is 1. The molecule has 0 spiro atoms. The number of ether oxygens (including phenoxy) is 1. The molecule has 0 aromatic carbocycles. The van der Waals surface area contributed by atoms with E-state index in [0.717, 1.165) is 11.3 Å². The van der Waals surface area contributed by atoms with Gasteiger partial charge in [0.15, 0.2) is 0 Å². The summed E-state index contributed by atoms with van der Waals surface area (Å²) in [6, 6.07) is 0.995. The molecule has 1 saturated heterocycles. The molecule has 0 saturated carbocycles. The molecule has 2 rings (SSSR count). The summed E-state index contributed by atoms with van der Waals surface area (Å²) in [5.74, 6) is -1.09. The van der Waals surface area contributed by atoms with E-state index in [0.29, 0.717) is 31.1 Å². The van der Waals surface area contributed by atoms with Gasteiger partial charge < -0.3 is 19.8 Å². The lowest BCUT2D eigenvalue weighted by molar-refractivity contribution is -0.0717. The summed E-state index contributed by atoms with van der Waals surface area (Å²) < 4.78 is 5.19. The predicted octanol–water partition coefficient (Wildman–Crippen LogP) is 1.45. The third-order valence-electron chi connectivity index (χ3n) is 3.42. The summed E-state index contributed by atoms with van der Waals surface area (Å²) in [5, 5.41) is 23.8. The van der Waals surface area contributed by atoms with Crippen molar-refractivity contribution in [3.8, 4) is 0 Å². The van der Waals surface area contributed by atoms with Crippen molar-refractivity contribution < 1.29 is 24.5 Å². The van der Waals surface area contributed by atoms with Crippen LogP contribution in [0.5, 0.6) is 0 Å². The Morgan fingerprint density at radius 1 is 1.48 bits per heavy atom. The first-order valence-corrected chi connectivity index (χ1v) is 7.42. The number of carbonyl (C=O) groups excluding carboxylic acids is 1. The minimum atomic E-state index is -1.09. The zero-order valence-corrected chi connectivity index (χ0v) is 12.5. The van der Waals surface area contributed by atoms with E-state index in [1.54, 1.807) is 12.4 Å². The zero-order chi connectivity index (χ0) is 15.5. The number of aromatic carboxylic acids is 1. The van der Waals surface area contributed by atoms with E-state index in [9.17, 15) is 14.7 Å². The Labute approximate surface area is 126 Å². The summed E-state index contributed by atoms with van der Waals surface area (Å²) in [6.45, 7) is 1.12. The number of nitrogens with one attached hydrogen (secondary N) is 1. The van der Waals surface area contributed by atoms with Crippen LogP contribution in [-0.4, -0.2) is 59.5 Å². The summed E-state index contributed by atoms with van der Waals surface area (Å²) in [6.07, 6.45) is 0.952. The lowest BCUT2D eigenvalue weighted by Crippen LogP contribution is -2.48. The smallest absolute Gasteiger partial charge is 0.338 e. The summed E-state index contributed by atoms with van der Waals surface area (Å²) in [7, 11) is 1.57. The Morgan fingerprint density at radius 2 is 2.14 bits per heavy atom. The normalized spacial score (nSPS) is 17.2. The molecule has 2 amide bonds. The molecule has 0 radical (unpaired) electrons. The molecule has 1 fully saturated rings. The molecule has 1 aromatic heterocycles. The molecule has 0 bridgehead atoms. The maximum absolute atomic E-state index is 12.1. The van der Waals surface area contributed by atoms with E-state index >= 15 is 0 Å². The van der Waals surface area contributed by atoms with Crippen LogP contribution in [0.4, 0.5) is 9.80 Å². The van der Waals surface area contributed by atoms with Gasteiger partial charge in [0.05, 0.1) is 17.7 Å². The lowest BCUT2D eigenvalue weighted by Gasteiger charge is -2.35. The van der Waals surface area contributed by atoms with Gasteiger partial charge in [-0.25, -0.2) is 9.59 Å². The number of nitrogens with zero attached hydrogens (tertiary/aromatic N) is 1. The second-order valence-corrected chi connectivity index (χ2v) is 6.01. The van der Waals surface area contributed by atoms with E-state index in [-0.39, 0.29) is 12.1 Å². The fraction of sp³-hybridized carbons (Fsp3) is 0.538. The number of anilines is 1. The van der Waals surface area contributed by atoms with E-state index in [1.807, 2.05) is 0 Å². The molecule has 7 nitrogen and oxygen atoms in total. The van der Waals surface area contributed by atoms with Crippen LogP contribution in [0, 0.1) is 0 Å². The highest BCUT2D eigenvalue weighted by Crippen LogP contribution is 2.25. The van der Waals surface area contributed by atoms with Gasteiger partial charge in [-0.1, -0.05) is 0 Å². The SMILES string of the molecule is CN(CC1(O)CCOCC1)C(=O)Nc1sccc1C(=O)O. The molecule has 8 heteroatoms. The average Bonchev–Trinajstić information content (AvgIpc) is 2.87. The van der Waals surface area contributed by atoms with Gasteiger partial charge in [-0.15, -0.1) is 11.3 Å². The fourth-order valence-corrected chi connectivity index (χ4v) is 2.96. The highest BCUT2D eigenvalue weighted by molar-refractivity contribution is 7.14. The molecular weight excluding hydrogens is 296 g/mol. The topological polar surface area (TPSA) is 99.1 Å². The van der Waals surface area contributed by atoms with Crippen molar-refractivity contribution >= 4 is 28.3 Å². The van der Waals surface area contributed by atoms with Crippen molar-refractivity contribution in [2.75, 3.05) is 32.1 Å². The predicted molar refractivity (Wildman–Crippen MR) is 77.9 cm³/mol. The Kier molecular flexibility index (Phi) is 4.81. The highest BCUT2D eigenvalue weighted by atomic mass is 32.1. The number of hydrogen-bond donors (Lipinski definition) is 3. The number of thiophene rings is 1. The van der Waals surface area contributed by atoms with E-state index in [1.165, 1.54) is 11.0 Å². The molecule has 1 aliphatic heterocycles. The molecule has 116 valence electrons. The van der Waals surface area contributed by atoms with Crippen molar-refractivity contribution in [2.24, 2.45) is 0 Å². The summed E-state index contributed by atoms with van der Waals surface area (Å²) in [4.78, 5) is 24.4. The number of carboxylic acids is 1. The first-order chi connectivity index (χ1) is 9.91. The van der Waals surface area contributed by atoms with Crippen LogP contribution in [0.2, 0.25) is 0 Å². The maximum Gasteiger partial charge on any atom is 0.338 e. The number of hydrogen-bond acceptors (Lipinski definition) is 5. The van der Waals surface area contributed by atoms with Gasteiger partial charge in [0.1, 0.15) is 5.00 Å². The van der Waals surface area contributed by atoms with Gasteiger partial charge in [0, 0.05) is 33.1 Å². The van der Waals surface area contributed by atoms with Crippen LogP contribution in [0.25, 0.3) is 0 Å². The minimum Gasteiger partial charge on any atom is -0.478 e. The fourth-order valence-electron chi connectivity index (χ4n) is 2.19. The summed E-state index contributed by atoms with van der Waals surface area (Å²) in [5.41, 5.74) is -0.887. The molecule has 0 unspecified atom stereocenters. The Balaban J connectivity index is 1.96. The molecule has 3 N–H and O–H groups in total. The average molecular weight is 314 g/mol. The van der Waals surface area contributed by atoms with Crippen LogP contribution < -0.4 is 5.32 Å². The standard InChI is InChI=1S/C13H18N2O5S/c1-15(8-13(19)3-5-20-6-4-13)12(18)14-10-9(11(16)17)2-7-21-10/h2,7,19H,3-6,8H2,1H3,(H,14,18)(H,16,17). The lowest BCUT2D eigenvalue weighted by atomic mass is 9.94. The van der Waals surface area contributed by atoms with Crippen LogP contribution in [0.3, 0.4) is 0 Å².